The van der Waals surface area contributed by atoms with Gasteiger partial charge in [0.2, 0.25) is 0 Å². The van der Waals surface area contributed by atoms with Crippen LogP contribution in [0.2, 0.25) is 0 Å². The van der Waals surface area contributed by atoms with Crippen LogP contribution in [0.4, 0.5) is 0 Å². The molecular formula is C12H24. The molecule has 0 heterocycles. The second kappa shape index (κ2) is 3.81. The minimum absolute atomic E-state index is 0.918. The van der Waals surface area contributed by atoms with Crippen molar-refractivity contribution >= 4 is 0 Å². The molecule has 0 radical (unpaired) electrons. The van der Waals surface area contributed by atoms with E-state index in [0.717, 1.165) is 29.6 Å². The zero-order valence-corrected chi connectivity index (χ0v) is 9.30. The first-order valence-corrected chi connectivity index (χ1v) is 5.57. The molecule has 0 aromatic rings. The highest BCUT2D eigenvalue weighted by Gasteiger charge is 2.43. The molecule has 4 unspecified atom stereocenters. The highest BCUT2D eigenvalue weighted by atomic mass is 14.5. The van der Waals surface area contributed by atoms with Crippen molar-refractivity contribution in [2.45, 2.75) is 47.5 Å². The Bertz CT molecular complexity index is 137. The minimum Gasteiger partial charge on any atom is -0.0651 e. The van der Waals surface area contributed by atoms with Gasteiger partial charge in [-0.1, -0.05) is 41.0 Å². The van der Waals surface area contributed by atoms with Crippen molar-refractivity contribution in [1.82, 2.24) is 0 Å². The Labute approximate surface area is 77.7 Å². The summed E-state index contributed by atoms with van der Waals surface area (Å²) < 4.78 is 0. The van der Waals surface area contributed by atoms with Crippen LogP contribution >= 0.6 is 0 Å². The van der Waals surface area contributed by atoms with Crippen LogP contribution in [0, 0.1) is 29.6 Å². The van der Waals surface area contributed by atoms with E-state index in [2.05, 4.69) is 34.6 Å². The van der Waals surface area contributed by atoms with Crippen LogP contribution < -0.4 is 0 Å². The standard InChI is InChI=1S/C12H24/c1-6-9(4)10(5)12-7-11(12)8(2)3/h8-12H,6-7H2,1-5H3. The van der Waals surface area contributed by atoms with Crippen molar-refractivity contribution in [1.29, 1.82) is 0 Å². The summed E-state index contributed by atoms with van der Waals surface area (Å²) in [5, 5.41) is 0. The maximum atomic E-state index is 2.45. The Morgan fingerprint density at radius 3 is 2.00 bits per heavy atom. The van der Waals surface area contributed by atoms with Crippen molar-refractivity contribution < 1.29 is 0 Å². The quantitative estimate of drug-likeness (QED) is 0.596. The van der Waals surface area contributed by atoms with E-state index in [0.29, 0.717) is 0 Å². The highest BCUT2D eigenvalue weighted by Crippen LogP contribution is 2.51. The summed E-state index contributed by atoms with van der Waals surface area (Å²) in [5.41, 5.74) is 0. The summed E-state index contributed by atoms with van der Waals surface area (Å²) in [6, 6.07) is 0. The maximum absolute atomic E-state index is 2.45. The lowest BCUT2D eigenvalue weighted by atomic mass is 9.87. The third-order valence-corrected chi connectivity index (χ3v) is 3.96. The van der Waals surface area contributed by atoms with Crippen LogP contribution in [0.25, 0.3) is 0 Å². The molecule has 0 saturated heterocycles. The molecule has 1 aliphatic carbocycles. The van der Waals surface area contributed by atoms with Gasteiger partial charge >= 0.3 is 0 Å². The average molecular weight is 168 g/mol. The molecule has 0 nitrogen and oxygen atoms in total. The first-order valence-electron chi connectivity index (χ1n) is 5.57. The normalized spacial score (nSPS) is 33.5. The molecule has 1 rings (SSSR count). The van der Waals surface area contributed by atoms with E-state index in [4.69, 9.17) is 0 Å². The lowest BCUT2D eigenvalue weighted by molar-refractivity contribution is 0.308. The minimum atomic E-state index is 0.918. The second-order valence-electron chi connectivity index (χ2n) is 5.05. The molecule has 0 heteroatoms. The third kappa shape index (κ3) is 2.02. The summed E-state index contributed by atoms with van der Waals surface area (Å²) in [6.45, 7) is 11.9. The molecule has 0 aliphatic heterocycles. The lowest BCUT2D eigenvalue weighted by Gasteiger charge is -2.18. The molecule has 0 spiro atoms. The fourth-order valence-electron chi connectivity index (χ4n) is 2.40. The van der Waals surface area contributed by atoms with Gasteiger partial charge in [-0.3, -0.25) is 0 Å². The number of hydrogen-bond acceptors (Lipinski definition) is 0. The summed E-state index contributed by atoms with van der Waals surface area (Å²) in [4.78, 5) is 0. The van der Waals surface area contributed by atoms with Crippen molar-refractivity contribution in [2.24, 2.45) is 29.6 Å². The van der Waals surface area contributed by atoms with Crippen LogP contribution in [0.15, 0.2) is 0 Å². The summed E-state index contributed by atoms with van der Waals surface area (Å²) >= 11 is 0. The third-order valence-electron chi connectivity index (χ3n) is 3.96. The molecule has 12 heavy (non-hydrogen) atoms. The SMILES string of the molecule is CCC(C)C(C)C1CC1C(C)C. The fraction of sp³-hybridized carbons (Fsp3) is 1.00. The van der Waals surface area contributed by atoms with E-state index in [9.17, 15) is 0 Å². The molecule has 0 bridgehead atoms. The second-order valence-corrected chi connectivity index (χ2v) is 5.05. The van der Waals surface area contributed by atoms with Gasteiger partial charge < -0.3 is 0 Å². The first-order chi connectivity index (χ1) is 5.57. The van der Waals surface area contributed by atoms with Gasteiger partial charge in [0, 0.05) is 0 Å². The Kier molecular flexibility index (Phi) is 3.20. The van der Waals surface area contributed by atoms with Gasteiger partial charge in [-0.05, 0) is 36.0 Å². The first kappa shape index (κ1) is 10.1. The molecule has 0 aromatic heterocycles. The van der Waals surface area contributed by atoms with Gasteiger partial charge in [0.1, 0.15) is 0 Å². The summed E-state index contributed by atoms with van der Waals surface area (Å²) in [6.07, 6.45) is 2.85. The van der Waals surface area contributed by atoms with Crippen LogP contribution in [0.1, 0.15) is 47.5 Å². The predicted octanol–water partition coefficient (Wildman–Crippen LogP) is 3.96. The van der Waals surface area contributed by atoms with Crippen LogP contribution in [0.5, 0.6) is 0 Å². The smallest absolute Gasteiger partial charge is 0.0352 e. The van der Waals surface area contributed by atoms with E-state index < -0.39 is 0 Å². The van der Waals surface area contributed by atoms with Gasteiger partial charge in [-0.15, -0.1) is 0 Å². The van der Waals surface area contributed by atoms with E-state index in [1.165, 1.54) is 12.8 Å². The number of hydrogen-bond donors (Lipinski definition) is 0. The predicted molar refractivity (Wildman–Crippen MR) is 55.1 cm³/mol. The van der Waals surface area contributed by atoms with E-state index in [1.807, 2.05) is 0 Å². The van der Waals surface area contributed by atoms with Crippen molar-refractivity contribution in [3.8, 4) is 0 Å². The fourth-order valence-corrected chi connectivity index (χ4v) is 2.40. The Morgan fingerprint density at radius 1 is 1.08 bits per heavy atom. The van der Waals surface area contributed by atoms with E-state index in [1.54, 1.807) is 0 Å². The lowest BCUT2D eigenvalue weighted by Crippen LogP contribution is -2.11. The average Bonchev–Trinajstić information content (AvgIpc) is 2.80. The van der Waals surface area contributed by atoms with Crippen molar-refractivity contribution in [2.75, 3.05) is 0 Å². The van der Waals surface area contributed by atoms with E-state index >= 15 is 0 Å². The van der Waals surface area contributed by atoms with Gasteiger partial charge in [0.15, 0.2) is 0 Å². The van der Waals surface area contributed by atoms with Gasteiger partial charge in [0.05, 0.1) is 0 Å². The molecule has 72 valence electrons. The summed E-state index contributed by atoms with van der Waals surface area (Å²) in [7, 11) is 0. The van der Waals surface area contributed by atoms with Crippen LogP contribution in [-0.4, -0.2) is 0 Å². The molecule has 1 fully saturated rings. The highest BCUT2D eigenvalue weighted by molar-refractivity contribution is 4.92. The molecule has 1 saturated carbocycles. The van der Waals surface area contributed by atoms with Crippen LogP contribution in [0.3, 0.4) is 0 Å². The zero-order chi connectivity index (χ0) is 9.30. The van der Waals surface area contributed by atoms with Crippen molar-refractivity contribution in [3.05, 3.63) is 0 Å². The Balaban J connectivity index is 2.32. The molecular weight excluding hydrogens is 144 g/mol. The monoisotopic (exact) mass is 168 g/mol. The number of rotatable bonds is 4. The molecule has 4 atom stereocenters. The zero-order valence-electron chi connectivity index (χ0n) is 9.30. The Morgan fingerprint density at radius 2 is 1.67 bits per heavy atom. The van der Waals surface area contributed by atoms with Gasteiger partial charge in [-0.2, -0.15) is 0 Å². The Hall–Kier alpha value is 0. The molecule has 1 aliphatic rings. The molecule has 0 aromatic carbocycles. The maximum Gasteiger partial charge on any atom is -0.0352 e. The largest absolute Gasteiger partial charge is 0.0651 e. The topological polar surface area (TPSA) is 0 Å². The summed E-state index contributed by atoms with van der Waals surface area (Å²) in [5.74, 6) is 4.91. The van der Waals surface area contributed by atoms with E-state index in [-0.39, 0.29) is 0 Å². The van der Waals surface area contributed by atoms with Crippen LogP contribution in [-0.2, 0) is 0 Å². The van der Waals surface area contributed by atoms with Crippen molar-refractivity contribution in [3.63, 3.8) is 0 Å². The molecule has 0 amide bonds. The van der Waals surface area contributed by atoms with Gasteiger partial charge in [-0.25, -0.2) is 0 Å². The van der Waals surface area contributed by atoms with Gasteiger partial charge in [0.25, 0.3) is 0 Å². The molecule has 0 N–H and O–H groups in total.